The molecule has 4 amide bonds. The summed E-state index contributed by atoms with van der Waals surface area (Å²) in [5.41, 5.74) is 0.957. The number of hydrogen-bond acceptors (Lipinski definition) is 6. The fourth-order valence-corrected chi connectivity index (χ4v) is 5.96. The van der Waals surface area contributed by atoms with Crippen molar-refractivity contribution in [1.82, 2.24) is 21.3 Å². The van der Waals surface area contributed by atoms with Crippen LogP contribution in [0.25, 0.3) is 0 Å². The van der Waals surface area contributed by atoms with E-state index in [2.05, 4.69) is 21.3 Å². The first kappa shape index (κ1) is 37.8. The SMILES string of the molecule is CC(C)CC(NC(=O)[C@H](Cc1ccccc1)NC(=O)[C@H](CC(C)C)NC(=O)[C@H](CCc1ccccc1)NC(=O)CC1CC1)C(=O)[C@@]1(C)CO1. The molecular weight excluding hydrogens is 620 g/mol. The molecule has 4 N–H and O–H groups in total. The quantitative estimate of drug-likeness (QED) is 0.156. The second-order valence-corrected chi connectivity index (χ2v) is 14.8. The van der Waals surface area contributed by atoms with Crippen LogP contribution in [0, 0.1) is 17.8 Å². The second kappa shape index (κ2) is 17.6. The van der Waals surface area contributed by atoms with Crippen molar-refractivity contribution in [3.8, 4) is 0 Å². The summed E-state index contributed by atoms with van der Waals surface area (Å²) in [5, 5.41) is 11.7. The maximum atomic E-state index is 14.0. The molecule has 0 radical (unpaired) electrons. The van der Waals surface area contributed by atoms with E-state index in [1.165, 1.54) is 0 Å². The van der Waals surface area contributed by atoms with Crippen molar-refractivity contribution in [1.29, 1.82) is 0 Å². The predicted octanol–water partition coefficient (Wildman–Crippen LogP) is 4.05. The molecule has 1 aliphatic carbocycles. The number of Topliss-reactive ketones (excluding diaryl/α,β-unsaturated/α-hetero) is 1. The number of ether oxygens (including phenoxy) is 1. The number of carbonyl (C=O) groups excluding carboxylic acids is 5. The van der Waals surface area contributed by atoms with Gasteiger partial charge in [-0.05, 0) is 74.3 Å². The molecule has 10 heteroatoms. The van der Waals surface area contributed by atoms with Crippen LogP contribution in [0.15, 0.2) is 60.7 Å². The monoisotopic (exact) mass is 674 g/mol. The summed E-state index contributed by atoms with van der Waals surface area (Å²) < 4.78 is 5.40. The van der Waals surface area contributed by atoms with E-state index in [1.54, 1.807) is 6.92 Å². The van der Waals surface area contributed by atoms with Crippen LogP contribution in [0.3, 0.4) is 0 Å². The van der Waals surface area contributed by atoms with Crippen molar-refractivity contribution in [3.05, 3.63) is 71.8 Å². The fourth-order valence-electron chi connectivity index (χ4n) is 5.96. The van der Waals surface area contributed by atoms with Gasteiger partial charge in [-0.25, -0.2) is 0 Å². The van der Waals surface area contributed by atoms with E-state index in [-0.39, 0.29) is 29.9 Å². The Bertz CT molecular complexity index is 1420. The first-order valence-corrected chi connectivity index (χ1v) is 17.8. The van der Waals surface area contributed by atoms with Crippen molar-refractivity contribution in [3.63, 3.8) is 0 Å². The standard InChI is InChI=1S/C39H54N4O6/c1-25(2)20-31(35(45)39(5)24-49-39)41-38(48)33(22-28-14-10-7-11-15-28)43-37(47)32(21-26(3)4)42-36(46)30(40-34(44)23-29-16-17-29)19-18-27-12-8-6-9-13-27/h6-15,25-26,29-33H,16-24H2,1-5H3,(H,40,44)(H,41,48)(H,42,46)(H,43,47)/t30-,31?,32-,33-,39+/m0/s1. The van der Waals surface area contributed by atoms with Crippen molar-refractivity contribution in [2.45, 2.75) is 116 Å². The Morgan fingerprint density at radius 1 is 0.694 bits per heavy atom. The zero-order chi connectivity index (χ0) is 35.6. The van der Waals surface area contributed by atoms with E-state index in [1.807, 2.05) is 88.4 Å². The highest BCUT2D eigenvalue weighted by Crippen LogP contribution is 2.32. The molecule has 4 rings (SSSR count). The number of aryl methyl sites for hydroxylation is 1. The highest BCUT2D eigenvalue weighted by molar-refractivity contribution is 5.98. The van der Waals surface area contributed by atoms with Crippen molar-refractivity contribution >= 4 is 29.4 Å². The summed E-state index contributed by atoms with van der Waals surface area (Å²) in [6.45, 7) is 9.89. The minimum atomic E-state index is -1.01. The molecule has 1 saturated carbocycles. The molecule has 2 aromatic carbocycles. The first-order valence-electron chi connectivity index (χ1n) is 17.8. The third-order valence-electron chi connectivity index (χ3n) is 9.08. The topological polar surface area (TPSA) is 146 Å². The Labute approximate surface area is 290 Å². The van der Waals surface area contributed by atoms with Crippen LogP contribution < -0.4 is 21.3 Å². The summed E-state index contributed by atoms with van der Waals surface area (Å²) in [7, 11) is 0. The lowest BCUT2D eigenvalue weighted by Gasteiger charge is -2.28. The van der Waals surface area contributed by atoms with Gasteiger partial charge in [-0.1, -0.05) is 88.4 Å². The van der Waals surface area contributed by atoms with Gasteiger partial charge in [-0.2, -0.15) is 0 Å². The fraction of sp³-hybridized carbons (Fsp3) is 0.564. The summed E-state index contributed by atoms with van der Waals surface area (Å²) in [6, 6.07) is 15.5. The Morgan fingerprint density at radius 2 is 1.18 bits per heavy atom. The van der Waals surface area contributed by atoms with E-state index in [0.29, 0.717) is 44.6 Å². The van der Waals surface area contributed by atoms with Crippen LogP contribution in [-0.2, 0) is 41.6 Å². The summed E-state index contributed by atoms with van der Waals surface area (Å²) in [4.78, 5) is 67.8. The zero-order valence-electron chi connectivity index (χ0n) is 29.6. The van der Waals surface area contributed by atoms with Crippen molar-refractivity contribution in [2.24, 2.45) is 17.8 Å². The van der Waals surface area contributed by atoms with Crippen LogP contribution in [0.2, 0.25) is 0 Å². The average molecular weight is 675 g/mol. The van der Waals surface area contributed by atoms with Crippen LogP contribution in [0.1, 0.15) is 84.3 Å². The number of hydrogen-bond donors (Lipinski definition) is 4. The number of amides is 4. The number of carbonyl (C=O) groups is 5. The Hall–Kier alpha value is -4.05. The van der Waals surface area contributed by atoms with Gasteiger partial charge in [-0.15, -0.1) is 0 Å². The Kier molecular flexibility index (Phi) is 13.5. The Balaban J connectivity index is 1.51. The van der Waals surface area contributed by atoms with Gasteiger partial charge in [0.05, 0.1) is 12.6 Å². The lowest BCUT2D eigenvalue weighted by atomic mass is 9.93. The zero-order valence-corrected chi connectivity index (χ0v) is 29.6. The highest BCUT2D eigenvalue weighted by atomic mass is 16.6. The molecule has 1 heterocycles. The minimum Gasteiger partial charge on any atom is -0.361 e. The minimum absolute atomic E-state index is 0.0389. The molecular formula is C39H54N4O6. The van der Waals surface area contributed by atoms with Gasteiger partial charge in [-0.3, -0.25) is 24.0 Å². The maximum Gasteiger partial charge on any atom is 0.243 e. The lowest BCUT2D eigenvalue weighted by molar-refractivity contribution is -0.135. The third-order valence-corrected chi connectivity index (χ3v) is 9.08. The van der Waals surface area contributed by atoms with Crippen LogP contribution >= 0.6 is 0 Å². The van der Waals surface area contributed by atoms with E-state index in [9.17, 15) is 24.0 Å². The van der Waals surface area contributed by atoms with E-state index >= 15 is 0 Å². The third kappa shape index (κ3) is 12.4. The molecule has 2 fully saturated rings. The largest absolute Gasteiger partial charge is 0.361 e. The van der Waals surface area contributed by atoms with Gasteiger partial charge in [0, 0.05) is 12.8 Å². The molecule has 266 valence electrons. The van der Waals surface area contributed by atoms with Gasteiger partial charge in [0.2, 0.25) is 23.6 Å². The average Bonchev–Trinajstić information content (AvgIpc) is 4.01. The Morgan fingerprint density at radius 3 is 1.73 bits per heavy atom. The number of epoxide rings is 1. The number of rotatable bonds is 20. The maximum absolute atomic E-state index is 14.0. The van der Waals surface area contributed by atoms with Gasteiger partial charge in [0.15, 0.2) is 5.78 Å². The van der Waals surface area contributed by atoms with Gasteiger partial charge in [0.25, 0.3) is 0 Å². The van der Waals surface area contributed by atoms with E-state index in [0.717, 1.165) is 24.0 Å². The molecule has 1 aliphatic heterocycles. The molecule has 0 bridgehead atoms. The molecule has 10 nitrogen and oxygen atoms in total. The molecule has 5 atom stereocenters. The molecule has 49 heavy (non-hydrogen) atoms. The summed E-state index contributed by atoms with van der Waals surface area (Å²) in [5.74, 6) is -1.26. The molecule has 2 aromatic rings. The molecule has 1 unspecified atom stereocenters. The van der Waals surface area contributed by atoms with Gasteiger partial charge in [0.1, 0.15) is 23.7 Å². The van der Waals surface area contributed by atoms with Crippen LogP contribution in [0.4, 0.5) is 0 Å². The lowest BCUT2D eigenvalue weighted by Crippen LogP contribution is -2.59. The smallest absolute Gasteiger partial charge is 0.243 e. The van der Waals surface area contributed by atoms with Crippen LogP contribution in [0.5, 0.6) is 0 Å². The van der Waals surface area contributed by atoms with Gasteiger partial charge < -0.3 is 26.0 Å². The normalized spacial score (nSPS) is 19.3. The predicted molar refractivity (Wildman–Crippen MR) is 188 cm³/mol. The molecule has 0 aromatic heterocycles. The van der Waals surface area contributed by atoms with E-state index < -0.39 is 47.5 Å². The van der Waals surface area contributed by atoms with Crippen molar-refractivity contribution < 1.29 is 28.7 Å². The summed E-state index contributed by atoms with van der Waals surface area (Å²) >= 11 is 0. The van der Waals surface area contributed by atoms with Crippen molar-refractivity contribution in [2.75, 3.05) is 6.61 Å². The molecule has 1 saturated heterocycles. The highest BCUT2D eigenvalue weighted by Gasteiger charge is 2.50. The number of benzene rings is 2. The number of nitrogens with one attached hydrogen (secondary N) is 4. The molecule has 2 aliphatic rings. The van der Waals surface area contributed by atoms with Gasteiger partial charge >= 0.3 is 0 Å². The molecule has 0 spiro atoms. The second-order valence-electron chi connectivity index (χ2n) is 14.8. The van der Waals surface area contributed by atoms with Crippen LogP contribution in [-0.4, -0.2) is 65.8 Å². The van der Waals surface area contributed by atoms with E-state index in [4.69, 9.17) is 4.74 Å². The first-order chi connectivity index (χ1) is 23.3. The number of ketones is 1. The summed E-state index contributed by atoms with van der Waals surface area (Å²) in [6.07, 6.45) is 4.30.